The largest absolute Gasteiger partial charge is 0.496 e. The van der Waals surface area contributed by atoms with Gasteiger partial charge in [-0.3, -0.25) is 4.90 Å². The Morgan fingerprint density at radius 3 is 2.79 bits per heavy atom. The number of halogens is 1. The van der Waals surface area contributed by atoms with Crippen molar-refractivity contribution in [2.75, 3.05) is 20.3 Å². The molecule has 29 heavy (non-hydrogen) atoms. The van der Waals surface area contributed by atoms with Crippen molar-refractivity contribution in [1.82, 2.24) is 4.90 Å². The fraction of sp³-hybridized carbons (Fsp3) is 0.348. The number of fused-ring (bicyclic) bond motifs is 2. The Bertz CT molecular complexity index is 899. The highest BCUT2D eigenvalue weighted by atomic mass is 19.1. The number of carbonyl (C=O) groups is 1. The van der Waals surface area contributed by atoms with Gasteiger partial charge in [-0.15, -0.1) is 0 Å². The fourth-order valence-corrected chi connectivity index (χ4v) is 4.02. The molecule has 0 aliphatic carbocycles. The second-order valence-electron chi connectivity index (χ2n) is 7.37. The van der Waals surface area contributed by atoms with E-state index in [2.05, 4.69) is 0 Å². The van der Waals surface area contributed by atoms with Crippen LogP contribution in [0.3, 0.4) is 0 Å². The number of ether oxygens (including phenoxy) is 3. The molecule has 0 radical (unpaired) electrons. The summed E-state index contributed by atoms with van der Waals surface area (Å²) in [6, 6.07) is 13.9. The van der Waals surface area contributed by atoms with Crippen LogP contribution in [0.25, 0.3) is 0 Å². The van der Waals surface area contributed by atoms with Crippen molar-refractivity contribution in [3.05, 3.63) is 77.1 Å². The van der Waals surface area contributed by atoms with Crippen LogP contribution in [0.1, 0.15) is 17.5 Å². The number of nitrogens with zero attached hydrogens (tertiary/aromatic N) is 1. The minimum Gasteiger partial charge on any atom is -0.496 e. The molecule has 2 atom stereocenters. The van der Waals surface area contributed by atoms with Gasteiger partial charge in [0, 0.05) is 5.56 Å². The topological polar surface area (TPSA) is 48.0 Å². The Morgan fingerprint density at radius 1 is 1.21 bits per heavy atom. The third-order valence-electron chi connectivity index (χ3n) is 5.35. The molecular weight excluding hydrogens is 373 g/mol. The Balaban J connectivity index is 1.47. The lowest BCUT2D eigenvalue weighted by Gasteiger charge is -2.43. The van der Waals surface area contributed by atoms with Crippen LogP contribution in [0.15, 0.2) is 60.2 Å². The Kier molecular flexibility index (Phi) is 5.81. The lowest BCUT2D eigenvalue weighted by Crippen LogP contribution is -2.56. The van der Waals surface area contributed by atoms with E-state index in [4.69, 9.17) is 14.2 Å². The smallest absolute Gasteiger partial charge is 0.411 e. The second-order valence-corrected chi connectivity index (χ2v) is 7.37. The van der Waals surface area contributed by atoms with E-state index < -0.39 is 0 Å². The van der Waals surface area contributed by atoms with Crippen molar-refractivity contribution < 1.29 is 23.4 Å². The van der Waals surface area contributed by atoms with Gasteiger partial charge in [0.2, 0.25) is 0 Å². The molecule has 0 spiro atoms. The zero-order valence-corrected chi connectivity index (χ0v) is 16.3. The normalized spacial score (nSPS) is 20.8. The summed E-state index contributed by atoms with van der Waals surface area (Å²) in [6.45, 7) is 1.14. The van der Waals surface area contributed by atoms with Crippen LogP contribution in [0.4, 0.5) is 9.18 Å². The fourth-order valence-electron chi connectivity index (χ4n) is 4.02. The monoisotopic (exact) mass is 397 g/mol. The van der Waals surface area contributed by atoms with Crippen LogP contribution < -0.4 is 4.74 Å². The highest BCUT2D eigenvalue weighted by molar-refractivity contribution is 5.69. The molecule has 2 bridgehead atoms. The zero-order chi connectivity index (χ0) is 20.2. The zero-order valence-electron chi connectivity index (χ0n) is 16.3. The highest BCUT2D eigenvalue weighted by Gasteiger charge is 2.38. The third-order valence-corrected chi connectivity index (χ3v) is 5.35. The summed E-state index contributed by atoms with van der Waals surface area (Å²) in [5, 5.41) is 0. The first-order valence-corrected chi connectivity index (χ1v) is 9.73. The van der Waals surface area contributed by atoms with Gasteiger partial charge >= 0.3 is 6.09 Å². The van der Waals surface area contributed by atoms with E-state index >= 15 is 0 Å². The third kappa shape index (κ3) is 4.43. The Labute approximate surface area is 169 Å². The first kappa shape index (κ1) is 19.5. The van der Waals surface area contributed by atoms with Crippen molar-refractivity contribution in [3.63, 3.8) is 0 Å². The quantitative estimate of drug-likeness (QED) is 0.713. The molecular formula is C23H24FNO4. The summed E-state index contributed by atoms with van der Waals surface area (Å²) in [7, 11) is 1.58. The van der Waals surface area contributed by atoms with Crippen molar-refractivity contribution in [2.45, 2.75) is 31.5 Å². The lowest BCUT2D eigenvalue weighted by atomic mass is 9.90. The summed E-state index contributed by atoms with van der Waals surface area (Å²) in [5.74, 6) is 0.380. The SMILES string of the molecule is COc1ccc(F)cc1CC1=CC2COCC(C1)N2C(=O)OCc1ccccc1. The van der Waals surface area contributed by atoms with Gasteiger partial charge < -0.3 is 14.2 Å². The van der Waals surface area contributed by atoms with E-state index in [-0.39, 0.29) is 30.6 Å². The number of morpholine rings is 1. The van der Waals surface area contributed by atoms with Crippen LogP contribution in [0.5, 0.6) is 5.75 Å². The number of benzene rings is 2. The molecule has 2 heterocycles. The Morgan fingerprint density at radius 2 is 2.03 bits per heavy atom. The summed E-state index contributed by atoms with van der Waals surface area (Å²) in [6.07, 6.45) is 2.96. The number of methoxy groups -OCH3 is 1. The molecule has 0 saturated carbocycles. The maximum absolute atomic E-state index is 13.7. The molecule has 2 aliphatic rings. The summed E-state index contributed by atoms with van der Waals surface area (Å²) in [5.41, 5.74) is 2.91. The average molecular weight is 397 g/mol. The summed E-state index contributed by atoms with van der Waals surface area (Å²) < 4.78 is 30.3. The maximum atomic E-state index is 13.7. The van der Waals surface area contributed by atoms with Crippen molar-refractivity contribution in [1.29, 1.82) is 0 Å². The maximum Gasteiger partial charge on any atom is 0.411 e. The first-order chi connectivity index (χ1) is 14.1. The van der Waals surface area contributed by atoms with Crippen molar-refractivity contribution in [2.24, 2.45) is 0 Å². The molecule has 0 aromatic heterocycles. The van der Waals surface area contributed by atoms with Gasteiger partial charge in [-0.25, -0.2) is 9.18 Å². The van der Waals surface area contributed by atoms with E-state index in [9.17, 15) is 9.18 Å². The van der Waals surface area contributed by atoms with Gasteiger partial charge in [-0.1, -0.05) is 42.0 Å². The van der Waals surface area contributed by atoms with E-state index in [1.807, 2.05) is 36.4 Å². The molecule has 2 aromatic rings. The predicted molar refractivity (Wildman–Crippen MR) is 106 cm³/mol. The number of rotatable bonds is 5. The molecule has 4 rings (SSSR count). The average Bonchev–Trinajstić information content (AvgIpc) is 2.72. The van der Waals surface area contributed by atoms with Gasteiger partial charge in [0.15, 0.2) is 0 Å². The highest BCUT2D eigenvalue weighted by Crippen LogP contribution is 2.32. The van der Waals surface area contributed by atoms with Crippen LogP contribution in [-0.4, -0.2) is 43.4 Å². The summed E-state index contributed by atoms with van der Waals surface area (Å²) in [4.78, 5) is 14.5. The molecule has 1 fully saturated rings. The predicted octanol–water partition coefficient (Wildman–Crippen LogP) is 4.11. The Hall–Kier alpha value is -2.86. The molecule has 2 unspecified atom stereocenters. The van der Waals surface area contributed by atoms with Gasteiger partial charge in [0.05, 0.1) is 32.4 Å². The van der Waals surface area contributed by atoms with E-state index in [0.29, 0.717) is 31.8 Å². The molecule has 1 saturated heterocycles. The first-order valence-electron chi connectivity index (χ1n) is 9.73. The standard InChI is InChI=1S/C23H24FNO4/c1-27-22-8-7-19(24)12-18(22)9-17-10-20-14-28-15-21(11-17)25(20)23(26)29-13-16-5-3-2-4-6-16/h2-8,10,12,20-21H,9,11,13-15H2,1H3. The molecule has 0 N–H and O–H groups in total. The van der Waals surface area contributed by atoms with Crippen LogP contribution >= 0.6 is 0 Å². The molecule has 5 nitrogen and oxygen atoms in total. The molecule has 2 aliphatic heterocycles. The number of carbonyl (C=O) groups excluding carboxylic acids is 1. The van der Waals surface area contributed by atoms with E-state index in [1.165, 1.54) is 12.1 Å². The van der Waals surface area contributed by atoms with E-state index in [1.54, 1.807) is 18.1 Å². The van der Waals surface area contributed by atoms with Gasteiger partial charge in [0.1, 0.15) is 18.2 Å². The number of hydrogen-bond donors (Lipinski definition) is 0. The molecule has 152 valence electrons. The van der Waals surface area contributed by atoms with Crippen molar-refractivity contribution >= 4 is 6.09 Å². The molecule has 1 amide bonds. The minimum absolute atomic E-state index is 0.0865. The van der Waals surface area contributed by atoms with E-state index in [0.717, 1.165) is 16.7 Å². The number of amides is 1. The molecule has 6 heteroatoms. The summed E-state index contributed by atoms with van der Waals surface area (Å²) >= 11 is 0. The lowest BCUT2D eigenvalue weighted by molar-refractivity contribution is -0.0374. The van der Waals surface area contributed by atoms with Crippen LogP contribution in [-0.2, 0) is 22.5 Å². The van der Waals surface area contributed by atoms with Crippen LogP contribution in [0.2, 0.25) is 0 Å². The van der Waals surface area contributed by atoms with Gasteiger partial charge in [-0.2, -0.15) is 0 Å². The van der Waals surface area contributed by atoms with Gasteiger partial charge in [-0.05, 0) is 36.6 Å². The van der Waals surface area contributed by atoms with Crippen LogP contribution in [0, 0.1) is 5.82 Å². The van der Waals surface area contributed by atoms with Crippen molar-refractivity contribution in [3.8, 4) is 5.75 Å². The van der Waals surface area contributed by atoms with Gasteiger partial charge in [0.25, 0.3) is 0 Å². The minimum atomic E-state index is -0.328. The number of hydrogen-bond acceptors (Lipinski definition) is 4. The second kappa shape index (κ2) is 8.66. The molecule has 2 aromatic carbocycles.